The summed E-state index contributed by atoms with van der Waals surface area (Å²) in [6, 6.07) is 4.92. The minimum atomic E-state index is -1.34. The molecule has 0 radical (unpaired) electrons. The zero-order chi connectivity index (χ0) is 33.6. The van der Waals surface area contributed by atoms with E-state index >= 15 is 8.78 Å². The molecular formula is C34H35F3N6O4. The average Bonchev–Trinajstić information content (AvgIpc) is 3.49. The number of rotatable bonds is 7. The lowest BCUT2D eigenvalue weighted by Gasteiger charge is -2.40. The first-order valence-corrected chi connectivity index (χ1v) is 15.6. The van der Waals surface area contributed by atoms with E-state index in [1.807, 2.05) is 32.6 Å². The average molecular weight is 649 g/mol. The lowest BCUT2D eigenvalue weighted by atomic mass is 10.0. The molecule has 4 aromatic heterocycles. The molecule has 0 spiro atoms. The molecule has 1 fully saturated rings. The Morgan fingerprint density at radius 1 is 1.13 bits per heavy atom. The molecular weight excluding hydrogens is 613 g/mol. The number of anilines is 1. The molecule has 1 aliphatic rings. The summed E-state index contributed by atoms with van der Waals surface area (Å²) in [5.41, 5.74) is -0.186. The number of nitrogens with zero attached hydrogens (tertiary/aromatic N) is 6. The van der Waals surface area contributed by atoms with E-state index < -0.39 is 40.5 Å². The fourth-order valence-electron chi connectivity index (χ4n) is 6.09. The predicted octanol–water partition coefficient (Wildman–Crippen LogP) is 6.89. The molecule has 6 rings (SSSR count). The third kappa shape index (κ3) is 5.68. The van der Waals surface area contributed by atoms with Gasteiger partial charge in [0.15, 0.2) is 23.1 Å². The van der Waals surface area contributed by atoms with Crippen molar-refractivity contribution < 1.29 is 27.1 Å². The molecule has 1 aromatic carbocycles. The van der Waals surface area contributed by atoms with Gasteiger partial charge in [0.2, 0.25) is 0 Å². The first kappa shape index (κ1) is 32.0. The Hall–Kier alpha value is -4.94. The summed E-state index contributed by atoms with van der Waals surface area (Å²) in [5.74, 6) is -3.47. The standard InChI is InChI=1S/C34H35F3N6O4/c1-6-7-13-47-34(45)41-11-12-42(20(5)17-41)31-22-16-24(36)28(25-26(37)23(35)15-21-9-14-46-30(21)25)39-32(22)43(33(44)40-31)29-19(4)8-10-38-27(29)18(2)3/h8-10,14-16,18,20H,6-7,11-13,17H2,1-5H3/t20-/m0/s1. The molecule has 0 aliphatic carbocycles. The lowest BCUT2D eigenvalue weighted by Crippen LogP contribution is -2.54. The van der Waals surface area contributed by atoms with Gasteiger partial charge in [0.25, 0.3) is 0 Å². The van der Waals surface area contributed by atoms with E-state index in [1.54, 1.807) is 24.1 Å². The fraction of sp³-hybridized carbons (Fsp3) is 0.382. The number of ether oxygens (including phenoxy) is 1. The van der Waals surface area contributed by atoms with Crippen LogP contribution in [0, 0.1) is 24.4 Å². The smallest absolute Gasteiger partial charge is 0.409 e. The van der Waals surface area contributed by atoms with E-state index in [0.29, 0.717) is 23.6 Å². The Labute approximate surface area is 268 Å². The van der Waals surface area contributed by atoms with Crippen molar-refractivity contribution in [1.82, 2.24) is 24.4 Å². The van der Waals surface area contributed by atoms with E-state index in [-0.39, 0.29) is 59.4 Å². The van der Waals surface area contributed by atoms with Gasteiger partial charge in [0.05, 0.1) is 35.2 Å². The molecule has 1 amide bonds. The van der Waals surface area contributed by atoms with Crippen LogP contribution in [0.3, 0.4) is 0 Å². The molecule has 1 saturated heterocycles. The number of pyridine rings is 2. The van der Waals surface area contributed by atoms with Crippen molar-refractivity contribution in [2.75, 3.05) is 31.1 Å². The summed E-state index contributed by atoms with van der Waals surface area (Å²) in [7, 11) is 0. The molecule has 246 valence electrons. The number of aryl methyl sites for hydroxylation is 1. The largest absolute Gasteiger partial charge is 0.464 e. The number of hydrogen-bond acceptors (Lipinski definition) is 8. The van der Waals surface area contributed by atoms with Crippen molar-refractivity contribution >= 4 is 33.9 Å². The molecule has 5 heterocycles. The molecule has 1 aliphatic heterocycles. The van der Waals surface area contributed by atoms with Crippen LogP contribution in [0.2, 0.25) is 0 Å². The second-order valence-corrected chi connectivity index (χ2v) is 12.1. The number of unbranched alkanes of at least 4 members (excludes halogenated alkanes) is 1. The fourth-order valence-corrected chi connectivity index (χ4v) is 6.09. The summed E-state index contributed by atoms with van der Waals surface area (Å²) < 4.78 is 58.5. The van der Waals surface area contributed by atoms with Gasteiger partial charge in [-0.05, 0) is 56.0 Å². The first-order valence-electron chi connectivity index (χ1n) is 15.6. The van der Waals surface area contributed by atoms with Gasteiger partial charge in [0.1, 0.15) is 17.1 Å². The van der Waals surface area contributed by atoms with Gasteiger partial charge in [-0.1, -0.05) is 27.2 Å². The Morgan fingerprint density at radius 2 is 1.91 bits per heavy atom. The summed E-state index contributed by atoms with van der Waals surface area (Å²) >= 11 is 0. The minimum Gasteiger partial charge on any atom is -0.464 e. The van der Waals surface area contributed by atoms with E-state index in [0.717, 1.165) is 25.0 Å². The number of aromatic nitrogens is 4. The topological polar surface area (TPSA) is 107 Å². The Balaban J connectivity index is 1.58. The highest BCUT2D eigenvalue weighted by atomic mass is 19.2. The first-order chi connectivity index (χ1) is 22.5. The SMILES string of the molecule is CCCCOC(=O)N1CCN(c2nc(=O)n(-c3c(C)ccnc3C(C)C)c3nc(-c4c(F)c(F)cc5ccoc45)c(F)cc23)[C@@H](C)C1. The number of halogens is 3. The number of furan rings is 1. The lowest BCUT2D eigenvalue weighted by molar-refractivity contribution is 0.0944. The number of amides is 1. The van der Waals surface area contributed by atoms with Crippen molar-refractivity contribution in [3.63, 3.8) is 0 Å². The Morgan fingerprint density at radius 3 is 2.64 bits per heavy atom. The summed E-state index contributed by atoms with van der Waals surface area (Å²) in [5, 5.41) is 0.389. The normalized spacial score (nSPS) is 15.3. The van der Waals surface area contributed by atoms with Gasteiger partial charge in [-0.25, -0.2) is 32.3 Å². The van der Waals surface area contributed by atoms with Crippen LogP contribution in [0.25, 0.3) is 38.9 Å². The van der Waals surface area contributed by atoms with Crippen LogP contribution in [-0.4, -0.2) is 62.8 Å². The summed E-state index contributed by atoms with van der Waals surface area (Å²) in [6.45, 7) is 10.7. The maximum Gasteiger partial charge on any atom is 0.409 e. The summed E-state index contributed by atoms with van der Waals surface area (Å²) in [6.07, 6.45) is 4.10. The van der Waals surface area contributed by atoms with Crippen molar-refractivity contribution in [3.8, 4) is 16.9 Å². The molecule has 13 heteroatoms. The van der Waals surface area contributed by atoms with Gasteiger partial charge >= 0.3 is 11.8 Å². The highest BCUT2D eigenvalue weighted by molar-refractivity contribution is 5.95. The Kier molecular flexibility index (Phi) is 8.64. The second-order valence-electron chi connectivity index (χ2n) is 12.1. The van der Waals surface area contributed by atoms with Crippen LogP contribution >= 0.6 is 0 Å². The number of fused-ring (bicyclic) bond motifs is 2. The molecule has 1 atom stereocenters. The van der Waals surface area contributed by atoms with Crippen molar-refractivity contribution in [2.24, 2.45) is 0 Å². The predicted molar refractivity (Wildman–Crippen MR) is 171 cm³/mol. The van der Waals surface area contributed by atoms with Crippen molar-refractivity contribution in [1.29, 1.82) is 0 Å². The van der Waals surface area contributed by atoms with E-state index in [9.17, 15) is 14.0 Å². The van der Waals surface area contributed by atoms with E-state index in [4.69, 9.17) is 9.15 Å². The van der Waals surface area contributed by atoms with Crippen LogP contribution in [0.5, 0.6) is 0 Å². The third-order valence-corrected chi connectivity index (χ3v) is 8.48. The number of carbonyl (C=O) groups excluding carboxylic acids is 1. The number of piperazine rings is 1. The van der Waals surface area contributed by atoms with Crippen LogP contribution in [0.4, 0.5) is 23.8 Å². The van der Waals surface area contributed by atoms with Gasteiger partial charge in [0, 0.05) is 37.3 Å². The zero-order valence-electron chi connectivity index (χ0n) is 26.8. The van der Waals surface area contributed by atoms with Gasteiger partial charge in [-0.15, -0.1) is 0 Å². The molecule has 5 aromatic rings. The highest BCUT2D eigenvalue weighted by Gasteiger charge is 2.32. The molecule has 10 nitrogen and oxygen atoms in total. The number of carbonyl (C=O) groups is 1. The molecule has 0 saturated carbocycles. The molecule has 0 N–H and O–H groups in total. The van der Waals surface area contributed by atoms with E-state index in [2.05, 4.69) is 15.0 Å². The quantitative estimate of drug-likeness (QED) is 0.176. The van der Waals surface area contributed by atoms with Crippen LogP contribution in [-0.2, 0) is 4.74 Å². The van der Waals surface area contributed by atoms with E-state index in [1.165, 1.54) is 16.9 Å². The van der Waals surface area contributed by atoms with Crippen LogP contribution in [0.15, 0.2) is 45.9 Å². The van der Waals surface area contributed by atoms with Gasteiger partial charge < -0.3 is 19.0 Å². The Bertz CT molecular complexity index is 2060. The number of hydrogen-bond donors (Lipinski definition) is 0. The van der Waals surface area contributed by atoms with Crippen LogP contribution in [0.1, 0.15) is 57.7 Å². The molecule has 47 heavy (non-hydrogen) atoms. The maximum atomic E-state index is 16.2. The number of benzene rings is 1. The maximum absolute atomic E-state index is 16.2. The van der Waals surface area contributed by atoms with Crippen molar-refractivity contribution in [2.45, 2.75) is 59.4 Å². The third-order valence-electron chi connectivity index (χ3n) is 8.48. The van der Waals surface area contributed by atoms with Gasteiger partial charge in [-0.3, -0.25) is 4.98 Å². The van der Waals surface area contributed by atoms with Crippen LogP contribution < -0.4 is 10.6 Å². The monoisotopic (exact) mass is 648 g/mol. The van der Waals surface area contributed by atoms with Gasteiger partial charge in [-0.2, -0.15) is 4.98 Å². The second kappa shape index (κ2) is 12.7. The molecule has 0 unspecified atom stereocenters. The summed E-state index contributed by atoms with van der Waals surface area (Å²) in [4.78, 5) is 43.7. The zero-order valence-corrected chi connectivity index (χ0v) is 26.8. The molecule has 0 bridgehead atoms. The van der Waals surface area contributed by atoms with Crippen molar-refractivity contribution in [3.05, 3.63) is 75.9 Å². The highest BCUT2D eigenvalue weighted by Crippen LogP contribution is 2.37. The minimum absolute atomic E-state index is 0.0219.